The summed E-state index contributed by atoms with van der Waals surface area (Å²) in [5.41, 5.74) is 5.87. The van der Waals surface area contributed by atoms with Gasteiger partial charge >= 0.3 is 0 Å². The molecule has 2 fully saturated rings. The zero-order chi connectivity index (χ0) is 14.4. The van der Waals surface area contributed by atoms with Gasteiger partial charge in [0.25, 0.3) is 0 Å². The topological polar surface area (TPSA) is 55.1 Å². The van der Waals surface area contributed by atoms with Crippen LogP contribution in [0.25, 0.3) is 0 Å². The number of nitrogens with one attached hydrogen (secondary N) is 1. The van der Waals surface area contributed by atoms with E-state index in [0.717, 1.165) is 25.2 Å². The minimum Gasteiger partial charge on any atom is -0.349 e. The monoisotopic (exact) mass is 280 g/mol. The van der Waals surface area contributed by atoms with Gasteiger partial charge in [0.1, 0.15) is 0 Å². The molecule has 2 aliphatic carbocycles. The Bertz CT molecular complexity index is 300. The Balaban J connectivity index is 1.82. The number of carbonyl (C=O) groups excluding carboxylic acids is 1. The van der Waals surface area contributed by atoms with Crippen LogP contribution in [-0.2, 0) is 4.79 Å². The van der Waals surface area contributed by atoms with E-state index >= 15 is 0 Å². The van der Waals surface area contributed by atoms with Gasteiger partial charge in [0.2, 0.25) is 5.91 Å². The van der Waals surface area contributed by atoms with Gasteiger partial charge in [-0.05, 0) is 50.4 Å². The van der Waals surface area contributed by atoms with E-state index < -0.39 is 0 Å². The number of hydrogen-bond acceptors (Lipinski definition) is 2. The zero-order valence-corrected chi connectivity index (χ0v) is 13.1. The normalized spacial score (nSPS) is 32.6. The molecule has 0 aliphatic heterocycles. The van der Waals surface area contributed by atoms with Crippen molar-refractivity contribution >= 4 is 5.91 Å². The van der Waals surface area contributed by atoms with E-state index in [4.69, 9.17) is 5.73 Å². The average molecular weight is 280 g/mol. The Morgan fingerprint density at radius 3 is 2.25 bits per heavy atom. The fraction of sp³-hybridized carbons (Fsp3) is 0.941. The molecular formula is C17H32N2O. The van der Waals surface area contributed by atoms with Crippen LogP contribution in [0.5, 0.6) is 0 Å². The molecule has 0 radical (unpaired) electrons. The first-order valence-electron chi connectivity index (χ1n) is 8.65. The summed E-state index contributed by atoms with van der Waals surface area (Å²) >= 11 is 0. The molecule has 0 aromatic rings. The molecule has 0 unspecified atom stereocenters. The fourth-order valence-corrected chi connectivity index (χ4v) is 3.87. The van der Waals surface area contributed by atoms with Crippen molar-refractivity contribution in [1.29, 1.82) is 0 Å². The van der Waals surface area contributed by atoms with Crippen molar-refractivity contribution in [3.8, 4) is 0 Å². The van der Waals surface area contributed by atoms with E-state index in [0.29, 0.717) is 12.5 Å². The van der Waals surface area contributed by atoms with Crippen LogP contribution in [0.1, 0.15) is 77.6 Å². The predicted molar refractivity (Wildman–Crippen MR) is 83.4 cm³/mol. The van der Waals surface area contributed by atoms with Crippen molar-refractivity contribution in [2.45, 2.75) is 83.1 Å². The highest BCUT2D eigenvalue weighted by Gasteiger charge is 2.34. The summed E-state index contributed by atoms with van der Waals surface area (Å²) in [5.74, 6) is 1.64. The summed E-state index contributed by atoms with van der Waals surface area (Å²) in [4.78, 5) is 12.4. The molecule has 0 bridgehead atoms. The van der Waals surface area contributed by atoms with Gasteiger partial charge in [-0.15, -0.1) is 0 Å². The maximum atomic E-state index is 12.4. The van der Waals surface area contributed by atoms with Crippen molar-refractivity contribution in [3.63, 3.8) is 0 Å². The van der Waals surface area contributed by atoms with Crippen LogP contribution in [0.2, 0.25) is 0 Å². The standard InChI is InChI=1S/C17H32N2O/c1-14-8-10-17(13-18,11-9-14)19-16(20)12-15-6-4-2-3-5-7-15/h14-15H,2-13,18H2,1H3,(H,19,20). The van der Waals surface area contributed by atoms with E-state index in [2.05, 4.69) is 12.2 Å². The first-order valence-corrected chi connectivity index (χ1v) is 8.65. The first kappa shape index (κ1) is 15.8. The number of hydrogen-bond donors (Lipinski definition) is 2. The maximum absolute atomic E-state index is 12.4. The van der Waals surface area contributed by atoms with Crippen molar-refractivity contribution < 1.29 is 4.79 Å². The van der Waals surface area contributed by atoms with Crippen molar-refractivity contribution in [2.75, 3.05) is 6.54 Å². The van der Waals surface area contributed by atoms with Gasteiger partial charge in [0, 0.05) is 13.0 Å². The second kappa shape index (κ2) is 7.44. The van der Waals surface area contributed by atoms with Crippen LogP contribution in [0, 0.1) is 11.8 Å². The Labute approximate surface area is 124 Å². The van der Waals surface area contributed by atoms with Crippen molar-refractivity contribution in [2.24, 2.45) is 17.6 Å². The molecular weight excluding hydrogens is 248 g/mol. The molecule has 20 heavy (non-hydrogen) atoms. The van der Waals surface area contributed by atoms with Gasteiger partial charge < -0.3 is 11.1 Å². The molecule has 3 nitrogen and oxygen atoms in total. The first-order chi connectivity index (χ1) is 9.63. The average Bonchev–Trinajstić information content (AvgIpc) is 2.70. The summed E-state index contributed by atoms with van der Waals surface area (Å²) < 4.78 is 0. The van der Waals surface area contributed by atoms with Gasteiger partial charge in [0.15, 0.2) is 0 Å². The van der Waals surface area contributed by atoms with Crippen LogP contribution in [0.4, 0.5) is 0 Å². The lowest BCUT2D eigenvalue weighted by Gasteiger charge is -2.39. The largest absolute Gasteiger partial charge is 0.349 e. The lowest BCUT2D eigenvalue weighted by molar-refractivity contribution is -0.124. The zero-order valence-electron chi connectivity index (χ0n) is 13.1. The lowest BCUT2D eigenvalue weighted by Crippen LogP contribution is -2.55. The van der Waals surface area contributed by atoms with Gasteiger partial charge in [0.05, 0.1) is 5.54 Å². The van der Waals surface area contributed by atoms with Gasteiger partial charge in [-0.2, -0.15) is 0 Å². The van der Waals surface area contributed by atoms with Crippen LogP contribution in [0.15, 0.2) is 0 Å². The molecule has 3 heteroatoms. The van der Waals surface area contributed by atoms with Gasteiger partial charge in [-0.1, -0.05) is 32.6 Å². The summed E-state index contributed by atoms with van der Waals surface area (Å²) in [6, 6.07) is 0. The minimum atomic E-state index is -0.103. The highest BCUT2D eigenvalue weighted by Crippen LogP contribution is 2.32. The third-order valence-corrected chi connectivity index (χ3v) is 5.48. The van der Waals surface area contributed by atoms with Crippen LogP contribution >= 0.6 is 0 Å². The Kier molecular flexibility index (Phi) is 5.88. The molecule has 2 aliphatic rings. The summed E-state index contributed by atoms with van der Waals surface area (Å²) in [6.45, 7) is 2.89. The molecule has 0 saturated heterocycles. The summed E-state index contributed by atoms with van der Waals surface area (Å²) in [5, 5.41) is 3.31. The Morgan fingerprint density at radius 1 is 1.10 bits per heavy atom. The Morgan fingerprint density at radius 2 is 1.70 bits per heavy atom. The number of rotatable bonds is 4. The lowest BCUT2D eigenvalue weighted by atomic mass is 9.77. The van der Waals surface area contributed by atoms with Crippen LogP contribution in [-0.4, -0.2) is 18.0 Å². The molecule has 0 atom stereocenters. The molecule has 0 aromatic heterocycles. The second-order valence-corrected chi connectivity index (χ2v) is 7.28. The summed E-state index contributed by atoms with van der Waals surface area (Å²) in [7, 11) is 0. The molecule has 1 amide bonds. The predicted octanol–water partition coefficient (Wildman–Crippen LogP) is 3.37. The maximum Gasteiger partial charge on any atom is 0.220 e. The van der Waals surface area contributed by atoms with E-state index in [1.54, 1.807) is 0 Å². The highest BCUT2D eigenvalue weighted by atomic mass is 16.1. The SMILES string of the molecule is CC1CCC(CN)(NC(=O)CC2CCCCCC2)CC1. The number of carbonyl (C=O) groups is 1. The minimum absolute atomic E-state index is 0.103. The Hall–Kier alpha value is -0.570. The van der Waals surface area contributed by atoms with Crippen LogP contribution < -0.4 is 11.1 Å². The molecule has 0 heterocycles. The molecule has 0 aromatic carbocycles. The van der Waals surface area contributed by atoms with E-state index in [9.17, 15) is 4.79 Å². The van der Waals surface area contributed by atoms with Crippen molar-refractivity contribution in [1.82, 2.24) is 5.32 Å². The second-order valence-electron chi connectivity index (χ2n) is 7.28. The third-order valence-electron chi connectivity index (χ3n) is 5.48. The number of nitrogens with two attached hydrogens (primary N) is 1. The molecule has 2 rings (SSSR count). The highest BCUT2D eigenvalue weighted by molar-refractivity contribution is 5.77. The molecule has 2 saturated carbocycles. The van der Waals surface area contributed by atoms with E-state index in [-0.39, 0.29) is 11.4 Å². The van der Waals surface area contributed by atoms with Gasteiger partial charge in [-0.3, -0.25) is 4.79 Å². The smallest absolute Gasteiger partial charge is 0.220 e. The molecule has 0 spiro atoms. The fourth-order valence-electron chi connectivity index (χ4n) is 3.87. The number of amides is 1. The van der Waals surface area contributed by atoms with Crippen LogP contribution in [0.3, 0.4) is 0 Å². The molecule has 3 N–H and O–H groups in total. The summed E-state index contributed by atoms with van der Waals surface area (Å²) in [6.07, 6.45) is 13.0. The third kappa shape index (κ3) is 4.47. The van der Waals surface area contributed by atoms with Gasteiger partial charge in [-0.25, -0.2) is 0 Å². The quantitative estimate of drug-likeness (QED) is 0.776. The van der Waals surface area contributed by atoms with E-state index in [1.807, 2.05) is 0 Å². The van der Waals surface area contributed by atoms with Crippen molar-refractivity contribution in [3.05, 3.63) is 0 Å². The van der Waals surface area contributed by atoms with E-state index in [1.165, 1.54) is 51.4 Å². The molecule has 116 valence electrons.